The number of nitrogens with two attached hydrogens (primary N) is 1. The number of hydrogen-bond acceptors (Lipinski definition) is 3. The number of benzene rings is 2. The van der Waals surface area contributed by atoms with E-state index in [1.54, 1.807) is 0 Å². The molecule has 0 unspecified atom stereocenters. The minimum atomic E-state index is -3.06. The first kappa shape index (κ1) is 32.5. The molecule has 0 heterocycles. The molecule has 1 amide bonds. The van der Waals surface area contributed by atoms with E-state index in [9.17, 15) is 9.59 Å². The van der Waals surface area contributed by atoms with Crippen LogP contribution in [0.2, 0.25) is 0 Å². The van der Waals surface area contributed by atoms with Gasteiger partial charge in [0, 0.05) is 0 Å². The fourth-order valence-corrected chi connectivity index (χ4v) is 12.3. The second kappa shape index (κ2) is 17.8. The molecule has 2 rings (SSSR count). The second-order valence-corrected chi connectivity index (χ2v) is 20.4. The molecule has 2 N–H and O–H groups in total. The molecule has 2 aromatic carbocycles. The summed E-state index contributed by atoms with van der Waals surface area (Å²) in [6.45, 7) is 2.74. The summed E-state index contributed by atoms with van der Waals surface area (Å²) in [5.41, 5.74) is 5.60. The molecule has 2 aromatic rings. The van der Waals surface area contributed by atoms with Crippen molar-refractivity contribution in [2.24, 2.45) is 5.73 Å². The van der Waals surface area contributed by atoms with Crippen molar-refractivity contribution < 1.29 is 14.3 Å². The van der Waals surface area contributed by atoms with E-state index in [1.807, 2.05) is 36.4 Å². The molecule has 0 saturated carbocycles. The second-order valence-electron chi connectivity index (χ2n) is 10.6. The first-order valence-electron chi connectivity index (χ1n) is 14.7. The summed E-state index contributed by atoms with van der Waals surface area (Å²) < 4.78 is 5.64. The van der Waals surface area contributed by atoms with Crippen molar-refractivity contribution in [2.45, 2.75) is 96.8 Å². The monoisotopic (exact) mass is 605 g/mol. The number of halogens is 1. The van der Waals surface area contributed by atoms with Crippen molar-refractivity contribution in [2.75, 3.05) is 18.9 Å². The predicted molar refractivity (Wildman–Crippen MR) is 168 cm³/mol. The molecule has 38 heavy (non-hydrogen) atoms. The van der Waals surface area contributed by atoms with Crippen LogP contribution in [0.3, 0.4) is 0 Å². The van der Waals surface area contributed by atoms with Gasteiger partial charge in [0.1, 0.15) is 0 Å². The molecule has 0 fully saturated rings. The van der Waals surface area contributed by atoms with Gasteiger partial charge >= 0.3 is 201 Å². The zero-order chi connectivity index (χ0) is 27.6. The zero-order valence-corrected chi connectivity index (χ0v) is 25.9. The summed E-state index contributed by atoms with van der Waals surface area (Å²) in [7, 11) is 0. The van der Waals surface area contributed by atoms with Crippen molar-refractivity contribution in [3.63, 3.8) is 0 Å². The van der Waals surface area contributed by atoms with Gasteiger partial charge in [0.15, 0.2) is 0 Å². The van der Waals surface area contributed by atoms with Crippen molar-refractivity contribution in [1.82, 2.24) is 0 Å². The molecule has 0 spiro atoms. The number of carbonyl (C=O) groups excluding carboxylic acids is 2. The van der Waals surface area contributed by atoms with Gasteiger partial charge in [-0.3, -0.25) is 0 Å². The summed E-state index contributed by atoms with van der Waals surface area (Å²) >= 11 is 4.23. The minimum absolute atomic E-state index is 0.174. The molecular weight excluding hydrogens is 557 g/mol. The Bertz CT molecular complexity index is 899. The number of unbranched alkanes of at least 4 members (excludes halogenated alkanes) is 11. The van der Waals surface area contributed by atoms with Crippen LogP contribution in [0.4, 0.5) is 0 Å². The quantitative estimate of drug-likeness (QED) is 0.0889. The van der Waals surface area contributed by atoms with E-state index in [-0.39, 0.29) is 18.3 Å². The molecule has 0 aromatic heterocycles. The molecule has 212 valence electrons. The van der Waals surface area contributed by atoms with Crippen LogP contribution in [0.5, 0.6) is 0 Å². The molecule has 0 bridgehead atoms. The SMILES string of the molecule is CCCCCCCCCCCCCCOC(=O)CCP(Br)(CCC(N)=O)(c1ccccc1)c1ccccc1. The average Bonchev–Trinajstić information content (AvgIpc) is 2.94. The van der Waals surface area contributed by atoms with Gasteiger partial charge in [0.05, 0.1) is 0 Å². The maximum atomic E-state index is 12.8. The predicted octanol–water partition coefficient (Wildman–Crippen LogP) is 8.01. The third-order valence-electron chi connectivity index (χ3n) is 7.56. The Kier molecular flexibility index (Phi) is 15.2. The number of hydrogen-bond donors (Lipinski definition) is 1. The van der Waals surface area contributed by atoms with Crippen LogP contribution in [0.25, 0.3) is 0 Å². The van der Waals surface area contributed by atoms with Crippen molar-refractivity contribution in [3.05, 3.63) is 60.7 Å². The number of amides is 1. The maximum absolute atomic E-state index is 12.8. The topological polar surface area (TPSA) is 69.4 Å². The first-order valence-corrected chi connectivity index (χ1v) is 19.3. The summed E-state index contributed by atoms with van der Waals surface area (Å²) in [4.78, 5) is 24.7. The van der Waals surface area contributed by atoms with E-state index in [2.05, 4.69) is 46.7 Å². The van der Waals surface area contributed by atoms with Crippen molar-refractivity contribution >= 4 is 43.3 Å². The molecule has 0 saturated heterocycles. The third-order valence-corrected chi connectivity index (χ3v) is 17.4. The Balaban J connectivity index is 1.83. The number of rotatable bonds is 21. The van der Waals surface area contributed by atoms with Gasteiger partial charge in [-0.2, -0.15) is 0 Å². The molecule has 0 aliphatic carbocycles. The molecule has 4 nitrogen and oxygen atoms in total. The first-order chi connectivity index (χ1) is 18.4. The van der Waals surface area contributed by atoms with E-state index < -0.39 is 5.31 Å². The number of carbonyl (C=O) groups is 2. The van der Waals surface area contributed by atoms with Crippen LogP contribution in [0, 0.1) is 0 Å². The van der Waals surface area contributed by atoms with Gasteiger partial charge in [-0.05, 0) is 0 Å². The Morgan fingerprint density at radius 2 is 1.11 bits per heavy atom. The van der Waals surface area contributed by atoms with Crippen LogP contribution < -0.4 is 16.3 Å². The van der Waals surface area contributed by atoms with Crippen LogP contribution in [0.15, 0.2) is 60.7 Å². The number of esters is 1. The van der Waals surface area contributed by atoms with Gasteiger partial charge in [0.2, 0.25) is 0 Å². The zero-order valence-electron chi connectivity index (χ0n) is 23.4. The van der Waals surface area contributed by atoms with Crippen molar-refractivity contribution in [1.29, 1.82) is 0 Å². The van der Waals surface area contributed by atoms with E-state index in [0.29, 0.717) is 25.4 Å². The Morgan fingerprint density at radius 1 is 0.684 bits per heavy atom. The molecule has 6 heteroatoms. The Hall–Kier alpha value is -1.71. The summed E-state index contributed by atoms with van der Waals surface area (Å²) in [6, 6.07) is 20.4. The van der Waals surface area contributed by atoms with Gasteiger partial charge in [-0.15, -0.1) is 0 Å². The third kappa shape index (κ3) is 10.8. The van der Waals surface area contributed by atoms with Crippen LogP contribution >= 0.6 is 20.8 Å². The molecule has 0 aliphatic heterocycles. The Morgan fingerprint density at radius 3 is 1.55 bits per heavy atom. The van der Waals surface area contributed by atoms with Gasteiger partial charge < -0.3 is 0 Å². The van der Waals surface area contributed by atoms with E-state index in [1.165, 1.54) is 64.2 Å². The summed E-state index contributed by atoms with van der Waals surface area (Å²) in [6.07, 6.45) is 17.1. The van der Waals surface area contributed by atoms with Crippen LogP contribution in [-0.2, 0) is 14.3 Å². The van der Waals surface area contributed by atoms with Gasteiger partial charge in [-0.1, -0.05) is 39.0 Å². The fourth-order valence-electron chi connectivity index (χ4n) is 5.19. The van der Waals surface area contributed by atoms with Gasteiger partial charge in [-0.25, -0.2) is 0 Å². The standard InChI is InChI=1S/C32H49BrNO3P/c1-2-3-4-5-6-7-8-9-10-11-12-19-26-37-32(36)25-28-38(33,27-24-31(34)35,29-20-15-13-16-21-29)30-22-17-14-18-23-30/h13-18,20-23H,2-12,19,24-28H2,1H3,(H2,34,35). The number of primary amides is 1. The average molecular weight is 607 g/mol. The van der Waals surface area contributed by atoms with E-state index >= 15 is 0 Å². The summed E-state index contributed by atoms with van der Waals surface area (Å²) in [5, 5.41) is -0.809. The van der Waals surface area contributed by atoms with Gasteiger partial charge in [0.25, 0.3) is 0 Å². The van der Waals surface area contributed by atoms with E-state index in [0.717, 1.165) is 23.5 Å². The van der Waals surface area contributed by atoms with Crippen LogP contribution in [-0.4, -0.2) is 30.8 Å². The fraction of sp³-hybridized carbons (Fsp3) is 0.562. The normalized spacial score (nSPS) is 12.5. The van der Waals surface area contributed by atoms with Crippen LogP contribution in [0.1, 0.15) is 96.8 Å². The number of ether oxygens (including phenoxy) is 1. The summed E-state index contributed by atoms with van der Waals surface area (Å²) in [5.74, 6) is -0.507. The Labute approximate surface area is 239 Å². The van der Waals surface area contributed by atoms with Crippen molar-refractivity contribution in [3.8, 4) is 0 Å². The van der Waals surface area contributed by atoms with E-state index in [4.69, 9.17) is 10.5 Å². The molecule has 0 radical (unpaired) electrons. The molecular formula is C32H49BrNO3P. The molecule has 0 atom stereocenters. The molecule has 0 aliphatic rings.